The smallest absolute Gasteiger partial charge is 1.00 e. The minimum atomic E-state index is -8.18. The van der Waals surface area contributed by atoms with Crippen LogP contribution in [0.25, 0.3) is 0 Å². The molecule has 0 aromatic heterocycles. The Kier molecular flexibility index (Phi) is 6.10. The van der Waals surface area contributed by atoms with Gasteiger partial charge in [0.2, 0.25) is 0 Å². The van der Waals surface area contributed by atoms with Gasteiger partial charge in [-0.2, -0.15) is 0 Å². The van der Waals surface area contributed by atoms with E-state index in [9.17, 15) is 0 Å². The normalized spacial score (nSPS) is 18.0. The van der Waals surface area contributed by atoms with Gasteiger partial charge >= 0.3 is 97.8 Å². The third-order valence-electron chi connectivity index (χ3n) is 0. The fourth-order valence-corrected chi connectivity index (χ4v) is 0. The van der Waals surface area contributed by atoms with Gasteiger partial charge in [0.1, 0.15) is 0 Å². The Labute approximate surface area is 96.1 Å². The molecule has 6 N–H and O–H groups in total. The first kappa shape index (κ1) is 17.6. The van der Waals surface area contributed by atoms with Crippen molar-refractivity contribution >= 4 is 17.9 Å². The first-order valence-electron chi connectivity index (χ1n) is 1.10. The van der Waals surface area contributed by atoms with Crippen molar-refractivity contribution in [2.45, 2.75) is 0 Å². The van der Waals surface area contributed by atoms with Crippen LogP contribution in [0.3, 0.4) is 0 Å². The van der Waals surface area contributed by atoms with Crippen LogP contribution in [0.2, 0.25) is 0 Å². The van der Waals surface area contributed by atoms with Gasteiger partial charge in [-0.1, -0.05) is 0 Å². The van der Waals surface area contributed by atoms with E-state index in [1.165, 1.54) is 0 Å². The van der Waals surface area contributed by atoms with Crippen LogP contribution in [-0.2, 0) is 0 Å². The fraction of sp³-hybridized carbons (Fsp3) is 0. The summed E-state index contributed by atoms with van der Waals surface area (Å²) < 4.78 is 44.5. The number of rotatable bonds is 0. The summed E-state index contributed by atoms with van der Waals surface area (Å²) >= 11 is -8.18. The molecule has 0 aromatic rings. The molecule has 0 atom stereocenters. The molecule has 0 aliphatic rings. The SMILES string of the molecule is O[Te](O)(O)(O)(O)O.[Na+].[Na+]. The van der Waals surface area contributed by atoms with E-state index >= 15 is 0 Å². The van der Waals surface area contributed by atoms with Gasteiger partial charge in [0.15, 0.2) is 0 Å². The van der Waals surface area contributed by atoms with Crippen molar-refractivity contribution < 1.29 is 79.9 Å². The maximum absolute atomic E-state index is 8.18. The van der Waals surface area contributed by atoms with Gasteiger partial charge in [-0.3, -0.25) is 0 Å². The second kappa shape index (κ2) is 3.12. The fourth-order valence-electron chi connectivity index (χ4n) is 0. The van der Waals surface area contributed by atoms with Gasteiger partial charge in [0, 0.05) is 0 Å². The van der Waals surface area contributed by atoms with Gasteiger partial charge in [-0.25, -0.2) is 0 Å². The molecule has 0 bridgehead atoms. The quantitative estimate of drug-likeness (QED) is 0.244. The van der Waals surface area contributed by atoms with Crippen molar-refractivity contribution in [2.24, 2.45) is 0 Å². The van der Waals surface area contributed by atoms with Crippen LogP contribution in [0.15, 0.2) is 0 Å². The van der Waals surface area contributed by atoms with Crippen molar-refractivity contribution in [1.29, 1.82) is 0 Å². The van der Waals surface area contributed by atoms with Crippen molar-refractivity contribution in [1.82, 2.24) is 0 Å². The Morgan fingerprint density at radius 2 is 0.556 bits per heavy atom. The molecule has 0 amide bonds. The molecule has 0 rings (SSSR count). The molecule has 6 nitrogen and oxygen atoms in total. The summed E-state index contributed by atoms with van der Waals surface area (Å²) in [6.07, 6.45) is 0. The Hall–Kier alpha value is 2.55. The summed E-state index contributed by atoms with van der Waals surface area (Å²) in [6, 6.07) is 0. The van der Waals surface area contributed by atoms with E-state index in [2.05, 4.69) is 0 Å². The topological polar surface area (TPSA) is 121 Å². The molecule has 0 heterocycles. The van der Waals surface area contributed by atoms with E-state index in [0.717, 1.165) is 0 Å². The molecule has 0 fully saturated rings. The van der Waals surface area contributed by atoms with E-state index < -0.39 is 17.9 Å². The minimum absolute atomic E-state index is 0. The predicted octanol–water partition coefficient (Wildman–Crippen LogP) is -9.71. The second-order valence-electron chi connectivity index (χ2n) is 1.22. The summed E-state index contributed by atoms with van der Waals surface area (Å²) in [5, 5.41) is 0. The predicted molar refractivity (Wildman–Crippen MR) is 19.1 cm³/mol. The Bertz CT molecular complexity index is 69.6. The number of hydrogen-bond donors (Lipinski definition) is 6. The zero-order valence-electron chi connectivity index (χ0n) is 5.09. The summed E-state index contributed by atoms with van der Waals surface area (Å²) in [6.45, 7) is 0. The van der Waals surface area contributed by atoms with Gasteiger partial charge in [-0.15, -0.1) is 0 Å². The van der Waals surface area contributed by atoms with E-state index in [1.54, 1.807) is 0 Å². The molecular formula is H6Na2O6Te+2. The van der Waals surface area contributed by atoms with E-state index in [0.29, 0.717) is 0 Å². The molecule has 0 spiro atoms. The van der Waals surface area contributed by atoms with Crippen LogP contribution in [-0.4, -0.2) is 38.7 Å². The second-order valence-corrected chi connectivity index (χ2v) is 8.22. The summed E-state index contributed by atoms with van der Waals surface area (Å²) in [4.78, 5) is 0. The zero-order chi connectivity index (χ0) is 6.41. The molecule has 0 saturated heterocycles. The Morgan fingerprint density at radius 1 is 0.556 bits per heavy atom. The molecule has 0 saturated carbocycles. The molecule has 0 unspecified atom stereocenters. The maximum Gasteiger partial charge on any atom is 1.00 e. The summed E-state index contributed by atoms with van der Waals surface area (Å²) in [5.41, 5.74) is 0. The zero-order valence-corrected chi connectivity index (χ0v) is 11.4. The molecule has 9 heteroatoms. The number of hydrogen-bond acceptors (Lipinski definition) is 6. The Balaban J connectivity index is -0.000000180. The molecule has 48 valence electrons. The van der Waals surface area contributed by atoms with E-state index in [4.69, 9.17) is 20.8 Å². The van der Waals surface area contributed by atoms with Crippen LogP contribution >= 0.6 is 0 Å². The van der Waals surface area contributed by atoms with Crippen molar-refractivity contribution in [3.8, 4) is 0 Å². The van der Waals surface area contributed by atoms with Crippen LogP contribution in [0.5, 0.6) is 0 Å². The monoisotopic (exact) mass is 278 g/mol. The largest absolute Gasteiger partial charge is 1.00 e. The summed E-state index contributed by atoms with van der Waals surface area (Å²) in [5.74, 6) is 0. The van der Waals surface area contributed by atoms with Gasteiger partial charge in [0.05, 0.1) is 0 Å². The maximum atomic E-state index is 7.42. The van der Waals surface area contributed by atoms with Crippen molar-refractivity contribution in [3.05, 3.63) is 0 Å². The van der Waals surface area contributed by atoms with Crippen LogP contribution < -0.4 is 59.1 Å². The van der Waals surface area contributed by atoms with E-state index in [1.807, 2.05) is 0 Å². The van der Waals surface area contributed by atoms with Gasteiger partial charge in [0.25, 0.3) is 0 Å². The van der Waals surface area contributed by atoms with Gasteiger partial charge in [-0.05, 0) is 0 Å². The van der Waals surface area contributed by atoms with Crippen molar-refractivity contribution in [3.63, 3.8) is 0 Å². The Morgan fingerprint density at radius 3 is 0.556 bits per heavy atom. The van der Waals surface area contributed by atoms with Crippen LogP contribution in [0.4, 0.5) is 0 Å². The first-order chi connectivity index (χ1) is 2.45. The average Bonchev–Trinajstić information content (AvgIpc) is 0.592. The molecule has 0 aliphatic heterocycles. The standard InChI is InChI=1S/2Na.H6O6Te/c;;1-7(2,3,4,5)6/h;;1-6H/q2*+1;. The van der Waals surface area contributed by atoms with Crippen LogP contribution in [0, 0.1) is 0 Å². The molecule has 9 heavy (non-hydrogen) atoms. The van der Waals surface area contributed by atoms with E-state index in [-0.39, 0.29) is 59.1 Å². The summed E-state index contributed by atoms with van der Waals surface area (Å²) in [7, 11) is 0. The first-order valence-corrected chi connectivity index (χ1v) is 7.35. The molecule has 0 aliphatic carbocycles. The van der Waals surface area contributed by atoms with Crippen molar-refractivity contribution in [2.75, 3.05) is 0 Å². The van der Waals surface area contributed by atoms with Crippen LogP contribution in [0.1, 0.15) is 0 Å². The third kappa shape index (κ3) is 119. The minimum Gasteiger partial charge on any atom is 1.00 e. The molecular weight excluding hydrogens is 270 g/mol. The third-order valence-corrected chi connectivity index (χ3v) is 0. The molecule has 0 aromatic carbocycles. The van der Waals surface area contributed by atoms with Gasteiger partial charge < -0.3 is 0 Å². The molecule has 0 radical (unpaired) electrons. The average molecular weight is 276 g/mol.